The maximum Gasteiger partial charge on any atom is 0.232 e. The van der Waals surface area contributed by atoms with E-state index in [0.29, 0.717) is 5.88 Å². The molecule has 1 aromatic rings. The van der Waals surface area contributed by atoms with Gasteiger partial charge in [-0.3, -0.25) is 0 Å². The molecule has 7 heteroatoms. The van der Waals surface area contributed by atoms with Crippen LogP contribution in [-0.2, 0) is 9.84 Å². The summed E-state index contributed by atoms with van der Waals surface area (Å²) in [5.41, 5.74) is 1.40. The first-order chi connectivity index (χ1) is 6.06. The van der Waals surface area contributed by atoms with E-state index in [1.807, 2.05) is 0 Å². The van der Waals surface area contributed by atoms with E-state index in [9.17, 15) is 8.42 Å². The van der Waals surface area contributed by atoms with Crippen molar-refractivity contribution in [3.8, 4) is 0 Å². The normalized spacial score (nSPS) is 14.3. The number of sulfone groups is 1. The van der Waals surface area contributed by atoms with Crippen molar-refractivity contribution in [2.45, 2.75) is 11.3 Å². The van der Waals surface area contributed by atoms with Gasteiger partial charge in [0.1, 0.15) is 5.51 Å². The average Bonchev–Trinajstić information content (AvgIpc) is 2.55. The van der Waals surface area contributed by atoms with Crippen LogP contribution >= 0.6 is 22.9 Å². The maximum absolute atomic E-state index is 11.5. The number of rotatable bonds is 4. The third-order valence-electron chi connectivity index (χ3n) is 1.37. The monoisotopic (exact) mass is 240 g/mol. The Morgan fingerprint density at radius 1 is 1.69 bits per heavy atom. The lowest BCUT2D eigenvalue weighted by molar-refractivity contribution is 0.581. The van der Waals surface area contributed by atoms with Crippen LogP contribution in [0.3, 0.4) is 0 Å². The highest BCUT2D eigenvalue weighted by atomic mass is 35.5. The molecule has 0 aliphatic heterocycles. The fourth-order valence-electron chi connectivity index (χ4n) is 0.789. The Labute approximate surface area is 85.9 Å². The van der Waals surface area contributed by atoms with Crippen molar-refractivity contribution in [1.82, 2.24) is 10.2 Å². The standard InChI is InChI=1S/C6H9ClN2O2S2/c1-5(2-7)3-13(10,11)6-9-8-4-12-6/h4-5H,2-3H2,1H3. The van der Waals surface area contributed by atoms with Crippen LogP contribution in [-0.4, -0.2) is 30.2 Å². The van der Waals surface area contributed by atoms with Crippen molar-refractivity contribution >= 4 is 32.8 Å². The molecular weight excluding hydrogens is 232 g/mol. The number of aromatic nitrogens is 2. The molecule has 0 fully saturated rings. The summed E-state index contributed by atoms with van der Waals surface area (Å²) in [5.74, 6) is 0.305. The predicted molar refractivity (Wildman–Crippen MR) is 51.8 cm³/mol. The Morgan fingerprint density at radius 3 is 2.85 bits per heavy atom. The van der Waals surface area contributed by atoms with E-state index < -0.39 is 9.84 Å². The van der Waals surface area contributed by atoms with Crippen molar-refractivity contribution in [3.05, 3.63) is 5.51 Å². The van der Waals surface area contributed by atoms with Gasteiger partial charge >= 0.3 is 0 Å². The molecular formula is C6H9ClN2O2S2. The molecule has 0 saturated carbocycles. The highest BCUT2D eigenvalue weighted by molar-refractivity contribution is 7.93. The zero-order chi connectivity index (χ0) is 9.90. The second-order valence-corrected chi connectivity index (χ2v) is 6.10. The van der Waals surface area contributed by atoms with Gasteiger partial charge < -0.3 is 0 Å². The topological polar surface area (TPSA) is 59.9 Å². The molecule has 0 aliphatic carbocycles. The first kappa shape index (κ1) is 10.9. The lowest BCUT2D eigenvalue weighted by Gasteiger charge is -2.04. The van der Waals surface area contributed by atoms with Gasteiger partial charge in [0.15, 0.2) is 0 Å². The van der Waals surface area contributed by atoms with Crippen LogP contribution in [0.5, 0.6) is 0 Å². The van der Waals surface area contributed by atoms with Gasteiger partial charge in [0, 0.05) is 5.88 Å². The molecule has 13 heavy (non-hydrogen) atoms. The Bertz CT molecular complexity index is 349. The van der Waals surface area contributed by atoms with Gasteiger partial charge in [-0.25, -0.2) is 8.42 Å². The zero-order valence-corrected chi connectivity index (χ0v) is 9.36. The van der Waals surface area contributed by atoms with Crippen molar-refractivity contribution in [3.63, 3.8) is 0 Å². The van der Waals surface area contributed by atoms with Crippen LogP contribution in [0.1, 0.15) is 6.92 Å². The fourth-order valence-corrected chi connectivity index (χ4v) is 3.41. The van der Waals surface area contributed by atoms with Crippen LogP contribution in [0, 0.1) is 5.92 Å². The average molecular weight is 241 g/mol. The van der Waals surface area contributed by atoms with Gasteiger partial charge in [-0.1, -0.05) is 18.3 Å². The number of alkyl halides is 1. The molecule has 1 unspecified atom stereocenters. The van der Waals surface area contributed by atoms with Crippen LogP contribution in [0.4, 0.5) is 0 Å². The van der Waals surface area contributed by atoms with E-state index in [-0.39, 0.29) is 16.0 Å². The third kappa shape index (κ3) is 2.89. The number of hydrogen-bond acceptors (Lipinski definition) is 5. The van der Waals surface area contributed by atoms with Crippen LogP contribution in [0.2, 0.25) is 0 Å². The molecule has 0 saturated heterocycles. The Hall–Kier alpha value is -0.200. The van der Waals surface area contributed by atoms with E-state index >= 15 is 0 Å². The fraction of sp³-hybridized carbons (Fsp3) is 0.667. The molecule has 0 N–H and O–H groups in total. The maximum atomic E-state index is 11.5. The highest BCUT2D eigenvalue weighted by Crippen LogP contribution is 2.15. The molecule has 1 rings (SSSR count). The summed E-state index contributed by atoms with van der Waals surface area (Å²) in [4.78, 5) is 0. The van der Waals surface area contributed by atoms with Gasteiger partial charge in [0.05, 0.1) is 5.75 Å². The van der Waals surface area contributed by atoms with E-state index in [2.05, 4.69) is 10.2 Å². The molecule has 0 radical (unpaired) electrons. The molecule has 1 atom stereocenters. The predicted octanol–water partition coefficient (Wildman–Crippen LogP) is 1.19. The van der Waals surface area contributed by atoms with Crippen molar-refractivity contribution in [1.29, 1.82) is 0 Å². The van der Waals surface area contributed by atoms with Crippen LogP contribution < -0.4 is 0 Å². The molecule has 1 heterocycles. The Morgan fingerprint density at radius 2 is 2.38 bits per heavy atom. The quantitative estimate of drug-likeness (QED) is 0.742. The Kier molecular flexibility index (Phi) is 3.63. The lowest BCUT2D eigenvalue weighted by Crippen LogP contribution is -2.15. The first-order valence-electron chi connectivity index (χ1n) is 3.61. The summed E-state index contributed by atoms with van der Waals surface area (Å²) < 4.78 is 23.1. The van der Waals surface area contributed by atoms with E-state index in [0.717, 1.165) is 11.3 Å². The SMILES string of the molecule is CC(CCl)CS(=O)(=O)c1nncs1. The smallest absolute Gasteiger partial charge is 0.221 e. The van der Waals surface area contributed by atoms with Crippen molar-refractivity contribution in [2.75, 3.05) is 11.6 Å². The summed E-state index contributed by atoms with van der Waals surface area (Å²) in [5, 5.41) is 6.99. The Balaban J connectivity index is 2.79. The van der Waals surface area contributed by atoms with Crippen LogP contribution in [0.15, 0.2) is 9.85 Å². The zero-order valence-electron chi connectivity index (χ0n) is 6.97. The van der Waals surface area contributed by atoms with Crippen LogP contribution in [0.25, 0.3) is 0 Å². The van der Waals surface area contributed by atoms with Crippen molar-refractivity contribution < 1.29 is 8.42 Å². The summed E-state index contributed by atoms with van der Waals surface area (Å²) in [7, 11) is -3.27. The summed E-state index contributed by atoms with van der Waals surface area (Å²) in [6.45, 7) is 1.78. The largest absolute Gasteiger partial charge is 0.232 e. The minimum Gasteiger partial charge on any atom is -0.221 e. The van der Waals surface area contributed by atoms with Gasteiger partial charge in [0.2, 0.25) is 14.2 Å². The van der Waals surface area contributed by atoms with Gasteiger partial charge in [-0.05, 0) is 5.92 Å². The molecule has 0 aromatic carbocycles. The minimum absolute atomic E-state index is 0.0334. The highest BCUT2D eigenvalue weighted by Gasteiger charge is 2.20. The van der Waals surface area contributed by atoms with Gasteiger partial charge in [-0.15, -0.1) is 21.8 Å². The second-order valence-electron chi connectivity index (χ2n) is 2.75. The molecule has 4 nitrogen and oxygen atoms in total. The van der Waals surface area contributed by atoms with E-state index in [4.69, 9.17) is 11.6 Å². The molecule has 0 amide bonds. The second kappa shape index (κ2) is 4.34. The number of hydrogen-bond donors (Lipinski definition) is 0. The summed E-state index contributed by atoms with van der Waals surface area (Å²) >= 11 is 6.55. The molecule has 0 spiro atoms. The summed E-state index contributed by atoms with van der Waals surface area (Å²) in [6, 6.07) is 0. The lowest BCUT2D eigenvalue weighted by atomic mass is 10.3. The number of nitrogens with zero attached hydrogens (tertiary/aromatic N) is 2. The van der Waals surface area contributed by atoms with Gasteiger partial charge in [0.25, 0.3) is 0 Å². The van der Waals surface area contributed by atoms with Crippen molar-refractivity contribution in [2.24, 2.45) is 5.92 Å². The number of halogens is 1. The molecule has 0 aliphatic rings. The first-order valence-corrected chi connectivity index (χ1v) is 6.68. The minimum atomic E-state index is -3.27. The third-order valence-corrected chi connectivity index (χ3v) is 5.06. The van der Waals surface area contributed by atoms with E-state index in [1.54, 1.807) is 6.92 Å². The summed E-state index contributed by atoms with van der Waals surface area (Å²) in [6.07, 6.45) is 0. The van der Waals surface area contributed by atoms with Gasteiger partial charge in [-0.2, -0.15) is 0 Å². The molecule has 1 aromatic heterocycles. The molecule has 74 valence electrons. The van der Waals surface area contributed by atoms with E-state index in [1.165, 1.54) is 5.51 Å². The molecule has 0 bridgehead atoms.